The van der Waals surface area contributed by atoms with Gasteiger partial charge in [-0.15, -0.1) is 24.0 Å². The molecule has 0 aliphatic heterocycles. The molecule has 134 valence electrons. The molecular weight excluding hydrogens is 393 g/mol. The zero-order chi connectivity index (χ0) is 15.9. The first-order valence-corrected chi connectivity index (χ1v) is 8.32. The lowest BCUT2D eigenvalue weighted by Gasteiger charge is -2.20. The van der Waals surface area contributed by atoms with Gasteiger partial charge in [0.1, 0.15) is 0 Å². The molecule has 0 radical (unpaired) electrons. The summed E-state index contributed by atoms with van der Waals surface area (Å²) < 4.78 is 10.9. The molecule has 0 aromatic heterocycles. The number of ether oxygens (including phenoxy) is 2. The molecule has 5 nitrogen and oxygen atoms in total. The van der Waals surface area contributed by atoms with Crippen molar-refractivity contribution in [3.63, 3.8) is 0 Å². The van der Waals surface area contributed by atoms with Gasteiger partial charge in [0, 0.05) is 19.2 Å². The monoisotopic (exact) mass is 429 g/mol. The average Bonchev–Trinajstić information content (AvgIpc) is 2.45. The quantitative estimate of drug-likeness (QED) is 0.217. The van der Waals surface area contributed by atoms with Crippen molar-refractivity contribution in [2.45, 2.75) is 53.5 Å². The number of guanidine groups is 1. The van der Waals surface area contributed by atoms with Crippen molar-refractivity contribution < 1.29 is 9.47 Å². The van der Waals surface area contributed by atoms with E-state index in [9.17, 15) is 0 Å². The number of unbranched alkanes of at least 4 members (excludes halogenated alkanes) is 1. The zero-order valence-electron chi connectivity index (χ0n) is 15.0. The number of nitrogens with zero attached hydrogens (tertiary/aromatic N) is 1. The summed E-state index contributed by atoms with van der Waals surface area (Å²) in [7, 11) is 0. The summed E-state index contributed by atoms with van der Waals surface area (Å²) in [6.07, 6.45) is 2.29. The minimum atomic E-state index is 0. The van der Waals surface area contributed by atoms with Gasteiger partial charge in [-0.2, -0.15) is 0 Å². The lowest BCUT2D eigenvalue weighted by Crippen LogP contribution is -2.44. The maximum absolute atomic E-state index is 5.51. The van der Waals surface area contributed by atoms with Gasteiger partial charge in [-0.25, -0.2) is 0 Å². The molecule has 0 bridgehead atoms. The van der Waals surface area contributed by atoms with Gasteiger partial charge >= 0.3 is 0 Å². The van der Waals surface area contributed by atoms with E-state index in [1.165, 1.54) is 6.42 Å². The Balaban J connectivity index is 0. The minimum absolute atomic E-state index is 0. The summed E-state index contributed by atoms with van der Waals surface area (Å²) in [6, 6.07) is 0.399. The van der Waals surface area contributed by atoms with Crippen LogP contribution >= 0.6 is 24.0 Å². The van der Waals surface area contributed by atoms with Gasteiger partial charge in [0.2, 0.25) is 0 Å². The largest absolute Gasteiger partial charge is 0.379 e. The molecule has 0 fully saturated rings. The van der Waals surface area contributed by atoms with Crippen LogP contribution in [0.1, 0.15) is 47.5 Å². The number of hydrogen-bond acceptors (Lipinski definition) is 3. The van der Waals surface area contributed by atoms with E-state index in [2.05, 4.69) is 50.2 Å². The van der Waals surface area contributed by atoms with Crippen LogP contribution in [0, 0.1) is 5.92 Å². The molecule has 0 aliphatic carbocycles. The van der Waals surface area contributed by atoms with E-state index in [0.29, 0.717) is 38.3 Å². The Morgan fingerprint density at radius 2 is 1.64 bits per heavy atom. The maximum Gasteiger partial charge on any atom is 0.191 e. The van der Waals surface area contributed by atoms with Gasteiger partial charge in [0.25, 0.3) is 0 Å². The predicted octanol–water partition coefficient (Wildman–Crippen LogP) is 3.04. The Hall–Kier alpha value is -0.0800. The van der Waals surface area contributed by atoms with E-state index < -0.39 is 0 Å². The van der Waals surface area contributed by atoms with Gasteiger partial charge in [-0.1, -0.05) is 27.2 Å². The highest BCUT2D eigenvalue weighted by molar-refractivity contribution is 14.0. The number of rotatable bonds is 12. The van der Waals surface area contributed by atoms with Crippen LogP contribution < -0.4 is 10.6 Å². The van der Waals surface area contributed by atoms with Gasteiger partial charge in [0.15, 0.2) is 5.96 Å². The van der Waals surface area contributed by atoms with Gasteiger partial charge in [-0.3, -0.25) is 4.99 Å². The smallest absolute Gasteiger partial charge is 0.191 e. The molecule has 2 N–H and O–H groups in total. The van der Waals surface area contributed by atoms with Crippen molar-refractivity contribution in [2.24, 2.45) is 10.9 Å². The third kappa shape index (κ3) is 14.8. The third-order valence-corrected chi connectivity index (χ3v) is 3.23. The molecule has 22 heavy (non-hydrogen) atoms. The third-order valence-electron chi connectivity index (χ3n) is 3.23. The second-order valence-corrected chi connectivity index (χ2v) is 5.52. The van der Waals surface area contributed by atoms with Crippen LogP contribution in [0.4, 0.5) is 0 Å². The van der Waals surface area contributed by atoms with Crippen molar-refractivity contribution >= 4 is 29.9 Å². The van der Waals surface area contributed by atoms with Crippen LogP contribution in [0.3, 0.4) is 0 Å². The molecule has 0 saturated heterocycles. The highest BCUT2D eigenvalue weighted by atomic mass is 127. The van der Waals surface area contributed by atoms with E-state index >= 15 is 0 Å². The van der Waals surface area contributed by atoms with Crippen LogP contribution in [-0.2, 0) is 9.47 Å². The van der Waals surface area contributed by atoms with E-state index in [1.807, 2.05) is 0 Å². The average molecular weight is 429 g/mol. The summed E-state index contributed by atoms with van der Waals surface area (Å²) in [4.78, 5) is 4.51. The van der Waals surface area contributed by atoms with Crippen molar-refractivity contribution in [1.82, 2.24) is 10.6 Å². The summed E-state index contributed by atoms with van der Waals surface area (Å²) in [5, 5.41) is 6.65. The van der Waals surface area contributed by atoms with Crippen LogP contribution in [0.15, 0.2) is 4.99 Å². The van der Waals surface area contributed by atoms with E-state index in [1.54, 1.807) is 0 Å². The molecule has 0 aromatic carbocycles. The first kappa shape index (κ1) is 24.2. The molecule has 0 amide bonds. The predicted molar refractivity (Wildman–Crippen MR) is 105 cm³/mol. The Labute approximate surface area is 154 Å². The topological polar surface area (TPSA) is 54.9 Å². The van der Waals surface area contributed by atoms with Crippen molar-refractivity contribution in [1.29, 1.82) is 0 Å². The summed E-state index contributed by atoms with van der Waals surface area (Å²) in [5.41, 5.74) is 0. The Morgan fingerprint density at radius 1 is 1.00 bits per heavy atom. The van der Waals surface area contributed by atoms with Gasteiger partial charge in [-0.05, 0) is 26.2 Å². The van der Waals surface area contributed by atoms with E-state index in [-0.39, 0.29) is 24.0 Å². The molecule has 0 aromatic rings. The van der Waals surface area contributed by atoms with Crippen molar-refractivity contribution in [3.8, 4) is 0 Å². The SMILES string of the molecule is CCCCOCCOCCN=C(NCC)NC(C)C(C)C.I. The minimum Gasteiger partial charge on any atom is -0.379 e. The number of hydrogen-bond donors (Lipinski definition) is 2. The summed E-state index contributed by atoms with van der Waals surface area (Å²) >= 11 is 0. The molecule has 0 rings (SSSR count). The molecule has 0 aliphatic rings. The molecule has 1 unspecified atom stereocenters. The number of nitrogens with one attached hydrogen (secondary N) is 2. The lowest BCUT2D eigenvalue weighted by atomic mass is 10.1. The molecule has 0 heterocycles. The zero-order valence-corrected chi connectivity index (χ0v) is 17.3. The van der Waals surface area contributed by atoms with E-state index in [0.717, 1.165) is 25.5 Å². The van der Waals surface area contributed by atoms with Crippen LogP contribution in [0.5, 0.6) is 0 Å². The normalized spacial score (nSPS) is 12.9. The summed E-state index contributed by atoms with van der Waals surface area (Å²) in [5.74, 6) is 1.44. The molecule has 1 atom stereocenters. The Morgan fingerprint density at radius 3 is 2.18 bits per heavy atom. The second-order valence-electron chi connectivity index (χ2n) is 5.52. The number of aliphatic imine (C=N–C) groups is 1. The van der Waals surface area contributed by atoms with Gasteiger partial charge < -0.3 is 20.1 Å². The molecule has 0 spiro atoms. The summed E-state index contributed by atoms with van der Waals surface area (Å²) in [6.45, 7) is 15.1. The van der Waals surface area contributed by atoms with Crippen molar-refractivity contribution in [2.75, 3.05) is 39.5 Å². The number of halogens is 1. The standard InChI is InChI=1S/C16H35N3O2.HI/c1-6-8-10-20-12-13-21-11-9-18-16(17-7-2)19-15(5)14(3)4;/h14-15H,6-13H2,1-5H3,(H2,17,18,19);1H. The van der Waals surface area contributed by atoms with Gasteiger partial charge in [0.05, 0.1) is 26.4 Å². The first-order chi connectivity index (χ1) is 10.1. The lowest BCUT2D eigenvalue weighted by molar-refractivity contribution is 0.0497. The Bertz CT molecular complexity index is 264. The van der Waals surface area contributed by atoms with E-state index in [4.69, 9.17) is 9.47 Å². The molecule has 0 saturated carbocycles. The van der Waals surface area contributed by atoms with Crippen LogP contribution in [0.2, 0.25) is 0 Å². The second kappa shape index (κ2) is 17.3. The fourth-order valence-electron chi connectivity index (χ4n) is 1.49. The highest BCUT2D eigenvalue weighted by Crippen LogP contribution is 1.99. The van der Waals surface area contributed by atoms with Crippen LogP contribution in [-0.4, -0.2) is 51.5 Å². The molecular formula is C16H36IN3O2. The first-order valence-electron chi connectivity index (χ1n) is 8.32. The van der Waals surface area contributed by atoms with Crippen LogP contribution in [0.25, 0.3) is 0 Å². The fourth-order valence-corrected chi connectivity index (χ4v) is 1.49. The van der Waals surface area contributed by atoms with Crippen molar-refractivity contribution in [3.05, 3.63) is 0 Å². The fraction of sp³-hybridized carbons (Fsp3) is 0.938. The maximum atomic E-state index is 5.51. The highest BCUT2D eigenvalue weighted by Gasteiger charge is 2.08. The Kier molecular flexibility index (Phi) is 19.0. The molecule has 6 heteroatoms.